The van der Waals surface area contributed by atoms with Gasteiger partial charge in [-0.3, -0.25) is 4.79 Å². The lowest BCUT2D eigenvalue weighted by Gasteiger charge is -2.22. The Morgan fingerprint density at radius 2 is 2.15 bits per heavy atom. The van der Waals surface area contributed by atoms with E-state index in [0.29, 0.717) is 12.3 Å². The predicted octanol–water partition coefficient (Wildman–Crippen LogP) is 4.97. The van der Waals surface area contributed by atoms with Gasteiger partial charge in [0.1, 0.15) is 5.65 Å². The van der Waals surface area contributed by atoms with Gasteiger partial charge in [0.25, 0.3) is 0 Å². The lowest BCUT2D eigenvalue weighted by Crippen LogP contribution is -2.14. The van der Waals surface area contributed by atoms with Crippen LogP contribution in [0.5, 0.6) is 0 Å². The number of hydrogen-bond acceptors (Lipinski definition) is 2. The van der Waals surface area contributed by atoms with Gasteiger partial charge in [-0.2, -0.15) is 0 Å². The first-order valence-corrected chi connectivity index (χ1v) is 7.71. The molecule has 0 aliphatic carbocycles. The largest absolute Gasteiger partial charge is 0.345 e. The summed E-state index contributed by atoms with van der Waals surface area (Å²) in [6.45, 7) is 8.77. The zero-order chi connectivity index (χ0) is 14.9. The smallest absolute Gasteiger partial charge is 0.165 e. The molecule has 2 rings (SSSR count). The summed E-state index contributed by atoms with van der Waals surface area (Å²) in [5.41, 5.74) is 1.76. The molecule has 0 aliphatic heterocycles. The molecule has 1 N–H and O–H groups in total. The Labute approximate surface area is 128 Å². The predicted molar refractivity (Wildman–Crippen MR) is 86.0 cm³/mol. The highest BCUT2D eigenvalue weighted by atomic mass is 79.9. The van der Waals surface area contributed by atoms with Crippen molar-refractivity contribution in [2.75, 3.05) is 0 Å². The minimum atomic E-state index is 0.188. The number of halogens is 1. The van der Waals surface area contributed by atoms with Crippen LogP contribution in [-0.4, -0.2) is 15.8 Å². The summed E-state index contributed by atoms with van der Waals surface area (Å²) in [6, 6.07) is 1.94. The van der Waals surface area contributed by atoms with Crippen LogP contribution in [0.4, 0.5) is 0 Å². The Bertz CT molecular complexity index is 625. The van der Waals surface area contributed by atoms with Gasteiger partial charge in [-0.1, -0.05) is 27.7 Å². The maximum atomic E-state index is 12.5. The molecule has 1 unspecified atom stereocenters. The summed E-state index contributed by atoms with van der Waals surface area (Å²) in [5.74, 6) is 0.570. The SMILES string of the molecule is CC(CC(=O)c1c[nH]c2ncc(Br)cc12)CC(C)(C)C. The van der Waals surface area contributed by atoms with Crippen molar-refractivity contribution in [1.29, 1.82) is 0 Å². The summed E-state index contributed by atoms with van der Waals surface area (Å²) in [4.78, 5) is 19.8. The molecule has 2 aromatic heterocycles. The number of H-pyrrole nitrogens is 1. The Kier molecular flexibility index (Phi) is 4.33. The number of hydrogen-bond donors (Lipinski definition) is 1. The van der Waals surface area contributed by atoms with Crippen LogP contribution >= 0.6 is 15.9 Å². The van der Waals surface area contributed by atoms with Gasteiger partial charge in [0.15, 0.2) is 5.78 Å². The summed E-state index contributed by atoms with van der Waals surface area (Å²) < 4.78 is 0.890. The zero-order valence-electron chi connectivity index (χ0n) is 12.5. The minimum absolute atomic E-state index is 0.188. The van der Waals surface area contributed by atoms with E-state index < -0.39 is 0 Å². The average Bonchev–Trinajstić information content (AvgIpc) is 2.68. The molecule has 0 bridgehead atoms. The Hall–Kier alpha value is -1.16. The monoisotopic (exact) mass is 336 g/mol. The quantitative estimate of drug-likeness (QED) is 0.801. The third-order valence-corrected chi connectivity index (χ3v) is 3.73. The van der Waals surface area contributed by atoms with Crippen LogP contribution < -0.4 is 0 Å². The maximum Gasteiger partial charge on any atom is 0.165 e. The van der Waals surface area contributed by atoms with E-state index in [1.54, 1.807) is 12.4 Å². The molecule has 3 nitrogen and oxygen atoms in total. The molecule has 0 fully saturated rings. The van der Waals surface area contributed by atoms with Gasteiger partial charge < -0.3 is 4.98 Å². The number of carbonyl (C=O) groups is 1. The van der Waals surface area contributed by atoms with Gasteiger partial charge in [-0.25, -0.2) is 4.98 Å². The molecular formula is C16H21BrN2O. The van der Waals surface area contributed by atoms with Gasteiger partial charge in [0.05, 0.1) is 0 Å². The molecule has 0 saturated heterocycles. The fourth-order valence-electron chi connectivity index (χ4n) is 2.75. The molecule has 0 aromatic carbocycles. The van der Waals surface area contributed by atoms with Crippen LogP contribution in [0.1, 0.15) is 50.9 Å². The second-order valence-corrected chi connectivity index (χ2v) is 7.66. The number of fused-ring (bicyclic) bond motifs is 1. The molecule has 20 heavy (non-hydrogen) atoms. The Balaban J connectivity index is 2.17. The maximum absolute atomic E-state index is 12.5. The zero-order valence-corrected chi connectivity index (χ0v) is 14.0. The number of carbonyl (C=O) groups excluding carboxylic acids is 1. The lowest BCUT2D eigenvalue weighted by molar-refractivity contribution is 0.0956. The fraction of sp³-hybridized carbons (Fsp3) is 0.500. The van der Waals surface area contributed by atoms with Crippen molar-refractivity contribution in [1.82, 2.24) is 9.97 Å². The van der Waals surface area contributed by atoms with E-state index in [4.69, 9.17) is 0 Å². The van der Waals surface area contributed by atoms with E-state index in [2.05, 4.69) is 53.6 Å². The highest BCUT2D eigenvalue weighted by Crippen LogP contribution is 2.28. The van der Waals surface area contributed by atoms with Crippen molar-refractivity contribution in [2.24, 2.45) is 11.3 Å². The number of nitrogens with zero attached hydrogens (tertiary/aromatic N) is 1. The summed E-state index contributed by atoms with van der Waals surface area (Å²) in [5, 5.41) is 0.896. The Morgan fingerprint density at radius 1 is 1.45 bits per heavy atom. The van der Waals surface area contributed by atoms with E-state index in [9.17, 15) is 4.79 Å². The number of nitrogens with one attached hydrogen (secondary N) is 1. The first kappa shape index (κ1) is 15.2. The number of pyridine rings is 1. The second kappa shape index (κ2) is 5.68. The first-order chi connectivity index (χ1) is 9.26. The van der Waals surface area contributed by atoms with Gasteiger partial charge in [-0.15, -0.1) is 0 Å². The third kappa shape index (κ3) is 3.69. The highest BCUT2D eigenvalue weighted by Gasteiger charge is 2.20. The van der Waals surface area contributed by atoms with E-state index in [0.717, 1.165) is 27.5 Å². The number of rotatable bonds is 4. The van der Waals surface area contributed by atoms with Gasteiger partial charge in [0, 0.05) is 34.2 Å². The Morgan fingerprint density at radius 3 is 2.80 bits per heavy atom. The van der Waals surface area contributed by atoms with Crippen LogP contribution in [0.15, 0.2) is 22.9 Å². The first-order valence-electron chi connectivity index (χ1n) is 6.92. The fourth-order valence-corrected chi connectivity index (χ4v) is 3.08. The lowest BCUT2D eigenvalue weighted by atomic mass is 9.83. The number of ketones is 1. The molecule has 0 saturated carbocycles. The van der Waals surface area contributed by atoms with Gasteiger partial charge >= 0.3 is 0 Å². The van der Waals surface area contributed by atoms with Crippen molar-refractivity contribution in [3.63, 3.8) is 0 Å². The average molecular weight is 337 g/mol. The second-order valence-electron chi connectivity index (χ2n) is 6.75. The topological polar surface area (TPSA) is 45.8 Å². The van der Waals surface area contributed by atoms with Gasteiger partial charge in [-0.05, 0) is 39.8 Å². The minimum Gasteiger partial charge on any atom is -0.345 e. The van der Waals surface area contributed by atoms with Crippen LogP contribution in [0.3, 0.4) is 0 Å². The van der Waals surface area contributed by atoms with Crippen LogP contribution in [0, 0.1) is 11.3 Å². The van der Waals surface area contributed by atoms with Crippen molar-refractivity contribution in [2.45, 2.75) is 40.5 Å². The standard InChI is InChI=1S/C16H21BrN2O/c1-10(7-16(2,3)4)5-14(20)13-9-19-15-12(13)6-11(17)8-18-15/h6,8-10H,5,7H2,1-4H3,(H,18,19). The molecule has 0 spiro atoms. The number of Topliss-reactive ketones (excluding diaryl/α,β-unsaturated/α-hetero) is 1. The van der Waals surface area contributed by atoms with Crippen molar-refractivity contribution >= 4 is 32.7 Å². The summed E-state index contributed by atoms with van der Waals surface area (Å²) >= 11 is 3.40. The highest BCUT2D eigenvalue weighted by molar-refractivity contribution is 9.10. The van der Waals surface area contributed by atoms with Crippen LogP contribution in [0.25, 0.3) is 11.0 Å². The van der Waals surface area contributed by atoms with E-state index in [1.807, 2.05) is 6.07 Å². The number of aromatic nitrogens is 2. The molecular weight excluding hydrogens is 316 g/mol. The molecule has 2 aromatic rings. The molecule has 0 amide bonds. The van der Waals surface area contributed by atoms with E-state index in [-0.39, 0.29) is 11.2 Å². The van der Waals surface area contributed by atoms with E-state index >= 15 is 0 Å². The van der Waals surface area contributed by atoms with Crippen molar-refractivity contribution in [3.8, 4) is 0 Å². The molecule has 0 aliphatic rings. The normalized spacial score (nSPS) is 13.7. The molecule has 0 radical (unpaired) electrons. The van der Waals surface area contributed by atoms with Crippen LogP contribution in [-0.2, 0) is 0 Å². The molecule has 108 valence electrons. The summed E-state index contributed by atoms with van der Waals surface area (Å²) in [7, 11) is 0. The summed E-state index contributed by atoms with van der Waals surface area (Å²) in [6.07, 6.45) is 5.13. The molecule has 4 heteroatoms. The number of aromatic amines is 1. The van der Waals surface area contributed by atoms with Crippen LogP contribution in [0.2, 0.25) is 0 Å². The van der Waals surface area contributed by atoms with Crippen molar-refractivity contribution in [3.05, 3.63) is 28.5 Å². The third-order valence-electron chi connectivity index (χ3n) is 3.29. The molecule has 2 heterocycles. The van der Waals surface area contributed by atoms with Gasteiger partial charge in [0.2, 0.25) is 0 Å². The van der Waals surface area contributed by atoms with E-state index in [1.165, 1.54) is 0 Å². The molecule has 1 atom stereocenters. The van der Waals surface area contributed by atoms with Crippen molar-refractivity contribution < 1.29 is 4.79 Å².